The summed E-state index contributed by atoms with van der Waals surface area (Å²) in [5, 5.41) is 8.59. The number of esters is 1. The Hall–Kier alpha value is -3.33. The van der Waals surface area contributed by atoms with E-state index in [0.717, 1.165) is 28.0 Å². The Kier molecular flexibility index (Phi) is 3.85. The summed E-state index contributed by atoms with van der Waals surface area (Å²) in [5.74, 6) is -0.751. The van der Waals surface area contributed by atoms with Gasteiger partial charge in [0.05, 0.1) is 29.3 Å². The standard InChI is InChI=1S/C17H13N5O3S/c1-22-8-9(14-10(17(24)25-2)4-3-5-12(14)22)6-11-15(19-20-16(11)23)13-7-18-21-26-13/h3-8H,1-2H3,(H,20,23)/b11-6-. The van der Waals surface area contributed by atoms with Crippen molar-refractivity contribution in [3.05, 3.63) is 52.2 Å². The fourth-order valence-corrected chi connectivity index (χ4v) is 3.47. The number of ether oxygens (including phenoxy) is 1. The van der Waals surface area contributed by atoms with Gasteiger partial charge in [-0.25, -0.2) is 10.2 Å². The molecule has 0 unspecified atom stereocenters. The summed E-state index contributed by atoms with van der Waals surface area (Å²) in [5.41, 5.74) is 5.36. The molecule has 8 nitrogen and oxygen atoms in total. The van der Waals surface area contributed by atoms with E-state index >= 15 is 0 Å². The summed E-state index contributed by atoms with van der Waals surface area (Å²) in [4.78, 5) is 25.1. The van der Waals surface area contributed by atoms with Gasteiger partial charge in [-0.1, -0.05) is 10.6 Å². The molecule has 1 amide bonds. The van der Waals surface area contributed by atoms with Crippen molar-refractivity contribution in [2.45, 2.75) is 0 Å². The van der Waals surface area contributed by atoms with E-state index in [1.165, 1.54) is 7.11 Å². The topological polar surface area (TPSA) is 98.5 Å². The van der Waals surface area contributed by atoms with E-state index in [2.05, 4.69) is 20.1 Å². The molecule has 3 aromatic rings. The number of methoxy groups -OCH3 is 1. The first-order valence-electron chi connectivity index (χ1n) is 7.64. The molecule has 4 rings (SSSR count). The monoisotopic (exact) mass is 367 g/mol. The minimum absolute atomic E-state index is 0.319. The van der Waals surface area contributed by atoms with Crippen molar-refractivity contribution >= 4 is 46.1 Å². The van der Waals surface area contributed by atoms with Gasteiger partial charge in [0.2, 0.25) is 0 Å². The number of benzene rings is 1. The predicted molar refractivity (Wildman–Crippen MR) is 96.8 cm³/mol. The predicted octanol–water partition coefficient (Wildman–Crippen LogP) is 1.73. The maximum atomic E-state index is 12.3. The van der Waals surface area contributed by atoms with Crippen LogP contribution in [-0.2, 0) is 16.6 Å². The molecule has 0 fully saturated rings. The summed E-state index contributed by atoms with van der Waals surface area (Å²) < 4.78 is 10.6. The number of aryl methyl sites for hydroxylation is 1. The zero-order chi connectivity index (χ0) is 18.3. The van der Waals surface area contributed by atoms with Crippen molar-refractivity contribution in [3.63, 3.8) is 0 Å². The molecule has 0 saturated heterocycles. The quantitative estimate of drug-likeness (QED) is 0.562. The van der Waals surface area contributed by atoms with E-state index in [4.69, 9.17) is 4.74 Å². The van der Waals surface area contributed by atoms with E-state index in [9.17, 15) is 9.59 Å². The highest BCUT2D eigenvalue weighted by Crippen LogP contribution is 2.28. The van der Waals surface area contributed by atoms with Crippen molar-refractivity contribution in [3.8, 4) is 0 Å². The van der Waals surface area contributed by atoms with Gasteiger partial charge in [-0.05, 0) is 29.7 Å². The molecule has 130 valence electrons. The summed E-state index contributed by atoms with van der Waals surface area (Å²) in [6.07, 6.45) is 5.13. The van der Waals surface area contributed by atoms with Crippen LogP contribution in [0.2, 0.25) is 0 Å². The Balaban J connectivity index is 1.92. The average Bonchev–Trinajstić information content (AvgIpc) is 3.36. The van der Waals surface area contributed by atoms with Crippen LogP contribution in [0.25, 0.3) is 17.0 Å². The molecule has 0 saturated carbocycles. The largest absolute Gasteiger partial charge is 0.465 e. The fourth-order valence-electron chi connectivity index (χ4n) is 2.95. The molecule has 1 aliphatic rings. The van der Waals surface area contributed by atoms with Gasteiger partial charge in [0.15, 0.2) is 0 Å². The number of carbonyl (C=O) groups excluding carboxylic acids is 2. The molecular formula is C17H13N5O3S. The van der Waals surface area contributed by atoms with E-state index in [1.54, 1.807) is 24.4 Å². The highest BCUT2D eigenvalue weighted by Gasteiger charge is 2.26. The molecule has 9 heteroatoms. The molecule has 1 aromatic carbocycles. The lowest BCUT2D eigenvalue weighted by Gasteiger charge is -2.04. The van der Waals surface area contributed by atoms with Crippen LogP contribution in [0.15, 0.2) is 41.3 Å². The molecule has 3 heterocycles. The lowest BCUT2D eigenvalue weighted by atomic mass is 10.0. The molecular weight excluding hydrogens is 354 g/mol. The van der Waals surface area contributed by atoms with Gasteiger partial charge in [0.25, 0.3) is 5.91 Å². The second kappa shape index (κ2) is 6.19. The van der Waals surface area contributed by atoms with Crippen molar-refractivity contribution in [1.29, 1.82) is 0 Å². The number of hydrazone groups is 1. The molecule has 26 heavy (non-hydrogen) atoms. The van der Waals surface area contributed by atoms with Gasteiger partial charge in [0.1, 0.15) is 5.71 Å². The van der Waals surface area contributed by atoms with Gasteiger partial charge in [-0.3, -0.25) is 4.79 Å². The average molecular weight is 367 g/mol. The van der Waals surface area contributed by atoms with Crippen LogP contribution in [0.1, 0.15) is 20.8 Å². The van der Waals surface area contributed by atoms with E-state index in [1.807, 2.05) is 23.9 Å². The Morgan fingerprint density at radius 3 is 2.96 bits per heavy atom. The number of nitrogens with zero attached hydrogens (tertiary/aromatic N) is 4. The third-order valence-corrected chi connectivity index (χ3v) is 4.78. The third-order valence-electron chi connectivity index (χ3n) is 4.11. The summed E-state index contributed by atoms with van der Waals surface area (Å²) in [6.45, 7) is 0. The lowest BCUT2D eigenvalue weighted by molar-refractivity contribution is -0.116. The van der Waals surface area contributed by atoms with Crippen LogP contribution in [0.4, 0.5) is 0 Å². The number of carbonyl (C=O) groups is 2. The normalized spacial score (nSPS) is 15.4. The molecule has 0 radical (unpaired) electrons. The van der Waals surface area contributed by atoms with Gasteiger partial charge in [-0.15, -0.1) is 5.10 Å². The number of fused-ring (bicyclic) bond motifs is 1. The van der Waals surface area contributed by atoms with Crippen molar-refractivity contribution < 1.29 is 14.3 Å². The maximum Gasteiger partial charge on any atom is 0.338 e. The van der Waals surface area contributed by atoms with Crippen LogP contribution in [0, 0.1) is 0 Å². The van der Waals surface area contributed by atoms with Crippen molar-refractivity contribution in [2.24, 2.45) is 12.1 Å². The number of aromatic nitrogens is 3. The molecule has 0 bridgehead atoms. The number of rotatable bonds is 3. The molecule has 1 aliphatic heterocycles. The Labute approximate surface area is 151 Å². The summed E-state index contributed by atoms with van der Waals surface area (Å²) in [7, 11) is 3.22. The Morgan fingerprint density at radius 1 is 1.38 bits per heavy atom. The van der Waals surface area contributed by atoms with E-state index in [0.29, 0.717) is 21.7 Å². The van der Waals surface area contributed by atoms with Crippen LogP contribution < -0.4 is 5.43 Å². The van der Waals surface area contributed by atoms with Crippen LogP contribution in [0.5, 0.6) is 0 Å². The van der Waals surface area contributed by atoms with Crippen LogP contribution in [-0.4, -0.2) is 38.9 Å². The zero-order valence-corrected chi connectivity index (χ0v) is 14.7. The number of amides is 1. The van der Waals surface area contributed by atoms with Crippen LogP contribution in [0.3, 0.4) is 0 Å². The molecule has 0 spiro atoms. The van der Waals surface area contributed by atoms with Crippen LogP contribution >= 0.6 is 11.5 Å². The number of hydrogen-bond donors (Lipinski definition) is 1. The Morgan fingerprint density at radius 2 is 2.23 bits per heavy atom. The summed E-state index contributed by atoms with van der Waals surface area (Å²) in [6, 6.07) is 5.40. The second-order valence-corrected chi connectivity index (χ2v) is 6.41. The lowest BCUT2D eigenvalue weighted by Crippen LogP contribution is -2.13. The van der Waals surface area contributed by atoms with Gasteiger partial charge < -0.3 is 9.30 Å². The highest BCUT2D eigenvalue weighted by molar-refractivity contribution is 7.08. The van der Waals surface area contributed by atoms with Gasteiger partial charge in [0, 0.05) is 29.7 Å². The van der Waals surface area contributed by atoms with Crippen molar-refractivity contribution in [2.75, 3.05) is 7.11 Å². The third kappa shape index (κ3) is 2.49. The first-order valence-corrected chi connectivity index (χ1v) is 8.41. The maximum absolute atomic E-state index is 12.3. The minimum Gasteiger partial charge on any atom is -0.465 e. The Bertz CT molecular complexity index is 1100. The molecule has 0 aliphatic carbocycles. The molecule has 2 aromatic heterocycles. The smallest absolute Gasteiger partial charge is 0.338 e. The highest BCUT2D eigenvalue weighted by atomic mass is 32.1. The molecule has 1 N–H and O–H groups in total. The zero-order valence-electron chi connectivity index (χ0n) is 13.9. The van der Waals surface area contributed by atoms with Gasteiger partial charge >= 0.3 is 5.97 Å². The fraction of sp³-hybridized carbons (Fsp3) is 0.118. The first-order chi connectivity index (χ1) is 12.6. The van der Waals surface area contributed by atoms with Crippen molar-refractivity contribution in [1.82, 2.24) is 19.6 Å². The minimum atomic E-state index is -0.433. The number of nitrogens with one attached hydrogen (secondary N) is 1. The number of hydrogen-bond acceptors (Lipinski definition) is 7. The van der Waals surface area contributed by atoms with Gasteiger partial charge in [-0.2, -0.15) is 5.10 Å². The van der Waals surface area contributed by atoms with E-state index < -0.39 is 5.97 Å². The van der Waals surface area contributed by atoms with E-state index in [-0.39, 0.29) is 5.91 Å². The first kappa shape index (κ1) is 16.2. The summed E-state index contributed by atoms with van der Waals surface area (Å²) >= 11 is 1.15. The molecule has 0 atom stereocenters. The SMILES string of the molecule is COC(=O)c1cccc2c1c(/C=C1\C(=O)NN=C1c1cnns1)cn2C. The second-order valence-electron chi connectivity index (χ2n) is 5.63.